The highest BCUT2D eigenvalue weighted by Crippen LogP contribution is 2.35. The third-order valence-corrected chi connectivity index (χ3v) is 5.63. The molecule has 0 saturated carbocycles. The Balaban J connectivity index is 1.95. The van der Waals surface area contributed by atoms with Gasteiger partial charge in [0.15, 0.2) is 34.7 Å². The highest BCUT2D eigenvalue weighted by atomic mass is 19.4. The van der Waals surface area contributed by atoms with Gasteiger partial charge in [-0.15, -0.1) is 0 Å². The van der Waals surface area contributed by atoms with Crippen LogP contribution in [0, 0.1) is 17.5 Å². The third kappa shape index (κ3) is 6.71. The molecule has 208 valence electrons. The molecule has 0 bridgehead atoms. The van der Waals surface area contributed by atoms with Gasteiger partial charge >= 0.3 is 12.3 Å². The van der Waals surface area contributed by atoms with E-state index in [1.165, 1.54) is 0 Å². The number of halogens is 6. The predicted molar refractivity (Wildman–Crippen MR) is 121 cm³/mol. The minimum Gasteiger partial charge on any atom is -0.444 e. The van der Waals surface area contributed by atoms with E-state index in [1.54, 1.807) is 20.8 Å². The second kappa shape index (κ2) is 10.8. The van der Waals surface area contributed by atoms with Crippen molar-refractivity contribution in [3.05, 3.63) is 52.4 Å². The van der Waals surface area contributed by atoms with Gasteiger partial charge in [0.25, 0.3) is 0 Å². The van der Waals surface area contributed by atoms with Crippen LogP contribution in [0.5, 0.6) is 0 Å². The molecule has 0 radical (unpaired) electrons. The summed E-state index contributed by atoms with van der Waals surface area (Å²) in [5, 5.41) is 5.09. The van der Waals surface area contributed by atoms with Crippen molar-refractivity contribution in [2.45, 2.75) is 70.9 Å². The average Bonchev–Trinajstić information content (AvgIpc) is 3.16. The van der Waals surface area contributed by atoms with E-state index in [0.717, 1.165) is 11.5 Å². The number of amides is 1. The summed E-state index contributed by atoms with van der Waals surface area (Å²) in [5.74, 6) is -6.00. The van der Waals surface area contributed by atoms with Crippen molar-refractivity contribution in [2.75, 3.05) is 6.54 Å². The molecular formula is C24H26F6N4O4. The first kappa shape index (κ1) is 29.1. The summed E-state index contributed by atoms with van der Waals surface area (Å²) in [6, 6.07) is -1.65. The lowest BCUT2D eigenvalue weighted by molar-refractivity contribution is -0.142. The Kier molecular flexibility index (Phi) is 8.24. The summed E-state index contributed by atoms with van der Waals surface area (Å²) in [6.45, 7) is 5.25. The fourth-order valence-electron chi connectivity index (χ4n) is 4.14. The molecule has 1 aromatic carbocycles. The molecule has 0 aliphatic carbocycles. The monoisotopic (exact) mass is 548 g/mol. The number of hydrogen-bond donors (Lipinski definition) is 2. The quantitative estimate of drug-likeness (QED) is 0.305. The van der Waals surface area contributed by atoms with E-state index in [-0.39, 0.29) is 18.7 Å². The van der Waals surface area contributed by atoms with Gasteiger partial charge in [-0.3, -0.25) is 9.59 Å². The van der Waals surface area contributed by atoms with Gasteiger partial charge in [0.2, 0.25) is 0 Å². The normalized spacial score (nSPS) is 16.5. The van der Waals surface area contributed by atoms with Crippen LogP contribution < -0.4 is 10.6 Å². The summed E-state index contributed by atoms with van der Waals surface area (Å²) in [6.07, 6.45) is -6.92. The van der Waals surface area contributed by atoms with Crippen LogP contribution in [-0.2, 0) is 28.7 Å². The zero-order valence-corrected chi connectivity index (χ0v) is 20.9. The highest BCUT2D eigenvalue weighted by molar-refractivity contribution is 5.92. The Morgan fingerprint density at radius 3 is 2.34 bits per heavy atom. The summed E-state index contributed by atoms with van der Waals surface area (Å²) in [7, 11) is 0. The maximum atomic E-state index is 14.3. The van der Waals surface area contributed by atoms with Crippen LogP contribution in [0.25, 0.3) is 0 Å². The molecule has 2 heterocycles. The van der Waals surface area contributed by atoms with Crippen molar-refractivity contribution in [3.63, 3.8) is 0 Å². The molecule has 2 N–H and O–H groups in total. The summed E-state index contributed by atoms with van der Waals surface area (Å²) in [4.78, 5) is 41.3. The lowest BCUT2D eigenvalue weighted by atomic mass is 9.96. The summed E-state index contributed by atoms with van der Waals surface area (Å²) >= 11 is 0. The second-order valence-electron chi connectivity index (χ2n) is 9.88. The van der Waals surface area contributed by atoms with Gasteiger partial charge in [0.05, 0.1) is 5.69 Å². The number of nitrogens with zero attached hydrogens (tertiary/aromatic N) is 2. The molecule has 1 aliphatic heterocycles. The van der Waals surface area contributed by atoms with E-state index >= 15 is 0 Å². The van der Waals surface area contributed by atoms with Crippen molar-refractivity contribution in [1.82, 2.24) is 20.2 Å². The minimum absolute atomic E-state index is 0.154. The van der Waals surface area contributed by atoms with E-state index in [9.17, 15) is 40.7 Å². The number of hydrogen-bond acceptors (Lipinski definition) is 6. The number of rotatable bonds is 7. The summed E-state index contributed by atoms with van der Waals surface area (Å²) in [5.41, 5.74) is -3.02. The lowest BCUT2D eigenvalue weighted by Gasteiger charge is -2.29. The van der Waals surface area contributed by atoms with E-state index in [2.05, 4.69) is 15.6 Å². The molecule has 0 saturated heterocycles. The fourth-order valence-corrected chi connectivity index (χ4v) is 4.14. The molecule has 8 nitrogen and oxygen atoms in total. The first-order chi connectivity index (χ1) is 17.5. The van der Waals surface area contributed by atoms with Crippen LogP contribution in [0.3, 0.4) is 0 Å². The molecule has 1 amide bonds. The predicted octanol–water partition coefficient (Wildman–Crippen LogP) is 4.26. The molecule has 3 rings (SSSR count). The lowest BCUT2D eigenvalue weighted by Crippen LogP contribution is -2.44. The Labute approximate surface area is 213 Å². The van der Waals surface area contributed by atoms with Crippen LogP contribution in [-0.4, -0.2) is 45.4 Å². The number of aromatic nitrogens is 2. The van der Waals surface area contributed by atoms with Gasteiger partial charge in [-0.1, -0.05) is 0 Å². The smallest absolute Gasteiger partial charge is 0.435 e. The van der Waals surface area contributed by atoms with Gasteiger partial charge < -0.3 is 19.9 Å². The number of carbonyl (C=O) groups excluding carboxylic acids is 3. The fraction of sp³-hybridized carbons (Fsp3) is 0.500. The van der Waals surface area contributed by atoms with E-state index < -0.39 is 89.0 Å². The first-order valence-corrected chi connectivity index (χ1v) is 11.5. The van der Waals surface area contributed by atoms with Gasteiger partial charge in [0.1, 0.15) is 17.5 Å². The standard InChI is InChI=1S/C24H26F6N4O4/c1-11(35)21-33-20(24(28,29)30)18-10-31-9-17(34(18)21)19(36)7-13(32-22(37)38-23(2,3)4)5-12-6-15(26)16(27)8-14(12)25/h6,8,13,17,31H,5,7,9-10H2,1-4H3,(H,32,37). The largest absolute Gasteiger partial charge is 0.444 e. The van der Waals surface area contributed by atoms with Gasteiger partial charge in [0, 0.05) is 38.5 Å². The van der Waals surface area contributed by atoms with Crippen LogP contribution in [0.4, 0.5) is 31.1 Å². The molecule has 1 aliphatic rings. The Bertz CT molecular complexity index is 1250. The summed E-state index contributed by atoms with van der Waals surface area (Å²) < 4.78 is 88.3. The number of Topliss-reactive ketones (excluding diaryl/α,β-unsaturated/α-hetero) is 2. The molecule has 2 unspecified atom stereocenters. The van der Waals surface area contributed by atoms with Crippen LogP contribution in [0.1, 0.15) is 67.7 Å². The topological polar surface area (TPSA) is 102 Å². The maximum Gasteiger partial charge on any atom is 0.435 e. The Morgan fingerprint density at radius 2 is 1.76 bits per heavy atom. The SMILES string of the molecule is CC(=O)c1nc(C(F)(F)F)c2n1C(C(=O)CC(Cc1cc(F)c(F)cc1F)NC(=O)OC(C)(C)C)CNC2. The van der Waals surface area contributed by atoms with E-state index in [4.69, 9.17) is 4.74 Å². The number of imidazole rings is 1. The van der Waals surface area contributed by atoms with Crippen molar-refractivity contribution >= 4 is 17.7 Å². The average molecular weight is 548 g/mol. The second-order valence-corrected chi connectivity index (χ2v) is 9.88. The minimum atomic E-state index is -4.89. The number of nitrogens with one attached hydrogen (secondary N) is 2. The van der Waals surface area contributed by atoms with Crippen molar-refractivity contribution in [3.8, 4) is 0 Å². The molecular weight excluding hydrogens is 522 g/mol. The maximum absolute atomic E-state index is 14.3. The van der Waals surface area contributed by atoms with Crippen LogP contribution in [0.15, 0.2) is 12.1 Å². The molecule has 14 heteroatoms. The third-order valence-electron chi connectivity index (χ3n) is 5.63. The van der Waals surface area contributed by atoms with Gasteiger partial charge in [-0.2, -0.15) is 13.2 Å². The number of alkyl halides is 3. The Morgan fingerprint density at radius 1 is 1.13 bits per heavy atom. The van der Waals surface area contributed by atoms with Crippen LogP contribution >= 0.6 is 0 Å². The molecule has 1 aromatic heterocycles. The van der Waals surface area contributed by atoms with Gasteiger partial charge in [-0.05, 0) is 38.8 Å². The number of fused-ring (bicyclic) bond motifs is 1. The molecule has 0 spiro atoms. The number of benzene rings is 1. The molecule has 38 heavy (non-hydrogen) atoms. The van der Waals surface area contributed by atoms with Crippen LogP contribution in [0.2, 0.25) is 0 Å². The van der Waals surface area contributed by atoms with Crippen molar-refractivity contribution < 1.29 is 45.5 Å². The van der Waals surface area contributed by atoms with Crippen molar-refractivity contribution in [2.24, 2.45) is 0 Å². The van der Waals surface area contributed by atoms with E-state index in [0.29, 0.717) is 12.1 Å². The zero-order valence-electron chi connectivity index (χ0n) is 20.9. The number of alkyl carbamates (subject to hydrolysis) is 1. The van der Waals surface area contributed by atoms with Crippen molar-refractivity contribution in [1.29, 1.82) is 0 Å². The molecule has 2 aromatic rings. The van der Waals surface area contributed by atoms with Gasteiger partial charge in [-0.25, -0.2) is 22.9 Å². The number of ketones is 2. The van der Waals surface area contributed by atoms with E-state index in [1.807, 2.05) is 0 Å². The molecule has 0 fully saturated rings. The number of ether oxygens (including phenoxy) is 1. The Hall–Kier alpha value is -3.42. The highest BCUT2D eigenvalue weighted by Gasteiger charge is 2.43. The molecule has 2 atom stereocenters. The first-order valence-electron chi connectivity index (χ1n) is 11.5. The number of carbonyl (C=O) groups is 3. The zero-order chi connectivity index (χ0) is 28.6.